The van der Waals surface area contributed by atoms with Gasteiger partial charge in [0.2, 0.25) is 5.91 Å². The summed E-state index contributed by atoms with van der Waals surface area (Å²) in [5.74, 6) is -0.895. The van der Waals surface area contributed by atoms with Crippen LogP contribution in [0.5, 0.6) is 0 Å². The normalized spacial score (nSPS) is 27.1. The lowest BCUT2D eigenvalue weighted by atomic mass is 10.0. The molecule has 0 radical (unpaired) electrons. The first-order valence-corrected chi connectivity index (χ1v) is 8.49. The van der Waals surface area contributed by atoms with Crippen LogP contribution in [0.25, 0.3) is 0 Å². The van der Waals surface area contributed by atoms with Gasteiger partial charge in [-0.2, -0.15) is 13.5 Å². The van der Waals surface area contributed by atoms with Gasteiger partial charge in [0.05, 0.1) is 6.04 Å². The van der Waals surface area contributed by atoms with Crippen LogP contribution in [0.3, 0.4) is 0 Å². The van der Waals surface area contributed by atoms with E-state index in [1.165, 1.54) is 0 Å². The van der Waals surface area contributed by atoms with Crippen molar-refractivity contribution in [3.63, 3.8) is 0 Å². The number of rotatable bonds is 4. The molecule has 0 aromatic carbocycles. The average Bonchev–Trinajstić information content (AvgIpc) is 3.29. The molecule has 2 unspecified atom stereocenters. The maximum Gasteiger partial charge on any atom is 0.418 e. The van der Waals surface area contributed by atoms with E-state index >= 15 is 0 Å². The van der Waals surface area contributed by atoms with Crippen LogP contribution in [0, 0.1) is 5.92 Å². The molecule has 2 atom stereocenters. The number of nitrogens with zero attached hydrogens (tertiary/aromatic N) is 2. The molecular formula is C11H16N4O7S. The Bertz CT molecular complexity index is 647. The highest BCUT2D eigenvalue weighted by Gasteiger charge is 2.49. The molecule has 12 heteroatoms. The first kappa shape index (κ1) is 16.0. The van der Waals surface area contributed by atoms with Crippen molar-refractivity contribution in [3.8, 4) is 0 Å². The molecule has 2 heterocycles. The number of carbonyl (C=O) groups is 3. The lowest BCUT2D eigenvalue weighted by molar-refractivity contribution is -0.132. The predicted molar refractivity (Wildman–Crippen MR) is 72.4 cm³/mol. The van der Waals surface area contributed by atoms with E-state index in [-0.39, 0.29) is 24.8 Å². The lowest BCUT2D eigenvalue weighted by Crippen LogP contribution is -2.54. The van der Waals surface area contributed by atoms with Gasteiger partial charge >= 0.3 is 16.4 Å². The number of hydrogen-bond acceptors (Lipinski definition) is 6. The van der Waals surface area contributed by atoms with Gasteiger partial charge in [0.15, 0.2) is 0 Å². The summed E-state index contributed by atoms with van der Waals surface area (Å²) in [6, 6.07) is -2.22. The van der Waals surface area contributed by atoms with Crippen molar-refractivity contribution in [2.45, 2.75) is 37.8 Å². The topological polar surface area (TPSA) is 145 Å². The van der Waals surface area contributed by atoms with Crippen molar-refractivity contribution in [1.29, 1.82) is 0 Å². The smallest absolute Gasteiger partial charge is 0.309 e. The van der Waals surface area contributed by atoms with Crippen molar-refractivity contribution < 1.29 is 31.6 Å². The number of hydroxylamine groups is 2. The standard InChI is InChI=1S/C11H16N4O7S/c16-9(6-1-2-6)12-13-10(17)8-4-3-7-5-14(8)11(18)15(7)22-23(19,20)21/h6-8H,1-5H2,(H,12,16)(H,13,17)(H,19,20,21). The third-order valence-electron chi connectivity index (χ3n) is 4.06. The number of nitrogens with one attached hydrogen (secondary N) is 2. The van der Waals surface area contributed by atoms with E-state index in [1.54, 1.807) is 0 Å². The van der Waals surface area contributed by atoms with Crippen molar-refractivity contribution in [2.75, 3.05) is 6.54 Å². The summed E-state index contributed by atoms with van der Waals surface area (Å²) in [6.45, 7) is 0.100. The van der Waals surface area contributed by atoms with Crippen LogP contribution in [-0.4, -0.2) is 59.4 Å². The monoisotopic (exact) mass is 348 g/mol. The zero-order chi connectivity index (χ0) is 16.8. The fraction of sp³-hybridized carbons (Fsp3) is 0.727. The molecule has 3 rings (SSSR count). The Morgan fingerprint density at radius 2 is 1.78 bits per heavy atom. The van der Waals surface area contributed by atoms with Crippen LogP contribution in [0.4, 0.5) is 4.79 Å². The van der Waals surface area contributed by atoms with Gasteiger partial charge in [-0.25, -0.2) is 4.79 Å². The Kier molecular flexibility index (Phi) is 3.90. The lowest BCUT2D eigenvalue weighted by Gasteiger charge is -2.29. The highest BCUT2D eigenvalue weighted by Crippen LogP contribution is 2.31. The third-order valence-corrected chi connectivity index (χ3v) is 4.41. The van der Waals surface area contributed by atoms with Gasteiger partial charge < -0.3 is 4.90 Å². The van der Waals surface area contributed by atoms with E-state index in [4.69, 9.17) is 4.55 Å². The Balaban J connectivity index is 1.61. The molecule has 0 aromatic rings. The first-order chi connectivity index (χ1) is 10.8. The minimum Gasteiger partial charge on any atom is -0.309 e. The summed E-state index contributed by atoms with van der Waals surface area (Å²) >= 11 is 0. The van der Waals surface area contributed by atoms with E-state index in [0.717, 1.165) is 17.7 Å². The van der Waals surface area contributed by atoms with Gasteiger partial charge in [0.25, 0.3) is 5.91 Å². The highest BCUT2D eigenvalue weighted by molar-refractivity contribution is 7.80. The molecule has 0 spiro atoms. The zero-order valence-electron chi connectivity index (χ0n) is 12.0. The van der Waals surface area contributed by atoms with E-state index in [0.29, 0.717) is 11.5 Å². The van der Waals surface area contributed by atoms with Gasteiger partial charge in [0, 0.05) is 12.5 Å². The number of urea groups is 1. The summed E-state index contributed by atoms with van der Waals surface area (Å²) in [6.07, 6.45) is 2.19. The Hall–Kier alpha value is -1.92. The molecule has 23 heavy (non-hydrogen) atoms. The van der Waals surface area contributed by atoms with E-state index in [1.807, 2.05) is 0 Å². The van der Waals surface area contributed by atoms with Crippen LogP contribution in [0.1, 0.15) is 25.7 Å². The zero-order valence-corrected chi connectivity index (χ0v) is 12.8. The van der Waals surface area contributed by atoms with Crippen LogP contribution >= 0.6 is 0 Å². The van der Waals surface area contributed by atoms with Gasteiger partial charge in [-0.15, -0.1) is 4.28 Å². The van der Waals surface area contributed by atoms with Crippen LogP contribution in [0.15, 0.2) is 0 Å². The number of carbonyl (C=O) groups excluding carboxylic acids is 3. The molecule has 2 bridgehead atoms. The Morgan fingerprint density at radius 3 is 2.39 bits per heavy atom. The molecule has 1 saturated carbocycles. The van der Waals surface area contributed by atoms with Gasteiger partial charge in [0.1, 0.15) is 6.04 Å². The second kappa shape index (κ2) is 5.62. The molecule has 2 saturated heterocycles. The van der Waals surface area contributed by atoms with Crippen molar-refractivity contribution >= 4 is 28.2 Å². The Labute approximate surface area is 131 Å². The SMILES string of the molecule is O=C(NNC(=O)C1CCC2CN1C(=O)N2OS(=O)(=O)O)C1CC1. The number of amides is 4. The van der Waals surface area contributed by atoms with Gasteiger partial charge in [-0.1, -0.05) is 0 Å². The van der Waals surface area contributed by atoms with Crippen LogP contribution < -0.4 is 10.9 Å². The molecule has 4 amide bonds. The molecule has 11 nitrogen and oxygen atoms in total. The maximum atomic E-state index is 12.1. The summed E-state index contributed by atoms with van der Waals surface area (Å²) < 4.78 is 34.5. The molecule has 0 aromatic heterocycles. The molecule has 1 aliphatic carbocycles. The second-order valence-corrected chi connectivity index (χ2v) is 6.77. The van der Waals surface area contributed by atoms with Crippen molar-refractivity contribution in [3.05, 3.63) is 0 Å². The second-order valence-electron chi connectivity index (χ2n) is 5.76. The highest BCUT2D eigenvalue weighted by atomic mass is 32.3. The van der Waals surface area contributed by atoms with E-state index in [9.17, 15) is 22.8 Å². The maximum absolute atomic E-state index is 12.1. The van der Waals surface area contributed by atoms with Gasteiger partial charge in [-0.3, -0.25) is 25.0 Å². The minimum absolute atomic E-state index is 0.0712. The van der Waals surface area contributed by atoms with Crippen LogP contribution in [0.2, 0.25) is 0 Å². The molecule has 3 N–H and O–H groups in total. The average molecular weight is 348 g/mol. The summed E-state index contributed by atoms with van der Waals surface area (Å²) in [7, 11) is -4.82. The predicted octanol–water partition coefficient (Wildman–Crippen LogP) is -1.45. The number of hydrogen-bond donors (Lipinski definition) is 3. The third kappa shape index (κ3) is 3.38. The van der Waals surface area contributed by atoms with Gasteiger partial charge in [-0.05, 0) is 25.7 Å². The minimum atomic E-state index is -4.82. The van der Waals surface area contributed by atoms with Crippen LogP contribution in [-0.2, 0) is 24.3 Å². The number of fused-ring (bicyclic) bond motifs is 2. The number of piperidine rings is 1. The first-order valence-electron chi connectivity index (χ1n) is 7.13. The molecule has 128 valence electrons. The van der Waals surface area contributed by atoms with Crippen molar-refractivity contribution in [2.24, 2.45) is 5.92 Å². The van der Waals surface area contributed by atoms with E-state index in [2.05, 4.69) is 15.1 Å². The summed E-state index contributed by atoms with van der Waals surface area (Å²) in [5.41, 5.74) is 4.59. The largest absolute Gasteiger partial charge is 0.418 e. The summed E-state index contributed by atoms with van der Waals surface area (Å²) in [4.78, 5) is 36.9. The molecule has 3 fully saturated rings. The molecular weight excluding hydrogens is 332 g/mol. The number of hydrazine groups is 1. The Morgan fingerprint density at radius 1 is 1.13 bits per heavy atom. The van der Waals surface area contributed by atoms with Crippen molar-refractivity contribution in [1.82, 2.24) is 20.8 Å². The molecule has 3 aliphatic rings. The summed E-state index contributed by atoms with van der Waals surface area (Å²) in [5, 5.41) is 0.561. The molecule has 2 aliphatic heterocycles. The fourth-order valence-corrected chi connectivity index (χ4v) is 3.15. The quantitative estimate of drug-likeness (QED) is 0.416. The van der Waals surface area contributed by atoms with E-state index < -0.39 is 34.4 Å². The fourth-order valence-electron chi connectivity index (χ4n) is 2.76.